The number of aliphatic hydroxyl groups is 1. The minimum atomic E-state index is -0.764. The van der Waals surface area contributed by atoms with Gasteiger partial charge in [0.15, 0.2) is 0 Å². The third-order valence-electron chi connectivity index (χ3n) is 2.98. The van der Waals surface area contributed by atoms with Gasteiger partial charge in [-0.05, 0) is 18.9 Å². The maximum Gasteiger partial charge on any atom is 0.248 e. The molecule has 0 aliphatic carbocycles. The van der Waals surface area contributed by atoms with Crippen LogP contribution in [-0.4, -0.2) is 34.5 Å². The summed E-state index contributed by atoms with van der Waals surface area (Å²) in [5, 5.41) is 9.44. The zero-order valence-electron chi connectivity index (χ0n) is 10.6. The number of ketones is 1. The molecule has 0 fully saturated rings. The van der Waals surface area contributed by atoms with Crippen molar-refractivity contribution in [1.29, 1.82) is 0 Å². The highest BCUT2D eigenvalue weighted by Crippen LogP contribution is 2.11. The Morgan fingerprint density at radius 1 is 1.41 bits per heavy atom. The van der Waals surface area contributed by atoms with Crippen molar-refractivity contribution in [2.45, 2.75) is 45.8 Å². The fraction of sp³-hybridized carbons (Fsp3) is 0.692. The lowest BCUT2D eigenvalue weighted by Gasteiger charge is -2.20. The molecule has 0 radical (unpaired) electrons. The SMILES string of the molecule is CC(C)C(=O)CCCCCN1C(=O)C=CC1O. The topological polar surface area (TPSA) is 57.6 Å². The van der Waals surface area contributed by atoms with Crippen molar-refractivity contribution in [3.05, 3.63) is 12.2 Å². The Morgan fingerprint density at radius 2 is 2.12 bits per heavy atom. The Bertz CT molecular complexity index is 310. The standard InChI is InChI=1S/C13H21NO3/c1-10(2)11(15)6-4-3-5-9-14-12(16)7-8-13(14)17/h7-8,10,12,16H,3-6,9H2,1-2H3. The van der Waals surface area contributed by atoms with E-state index in [2.05, 4.69) is 0 Å². The van der Waals surface area contributed by atoms with Crippen molar-refractivity contribution < 1.29 is 14.7 Å². The summed E-state index contributed by atoms with van der Waals surface area (Å²) in [5.74, 6) is 0.279. The summed E-state index contributed by atoms with van der Waals surface area (Å²) in [7, 11) is 0. The van der Waals surface area contributed by atoms with Gasteiger partial charge >= 0.3 is 0 Å². The van der Waals surface area contributed by atoms with Gasteiger partial charge in [-0.15, -0.1) is 0 Å². The summed E-state index contributed by atoms with van der Waals surface area (Å²) in [5.41, 5.74) is 0. The normalized spacial score (nSPS) is 19.4. The van der Waals surface area contributed by atoms with Crippen LogP contribution in [0.5, 0.6) is 0 Å². The van der Waals surface area contributed by atoms with Crippen molar-refractivity contribution in [3.8, 4) is 0 Å². The summed E-state index contributed by atoms with van der Waals surface area (Å²) >= 11 is 0. The minimum absolute atomic E-state index is 0.112. The van der Waals surface area contributed by atoms with E-state index in [-0.39, 0.29) is 11.8 Å². The van der Waals surface area contributed by atoms with Crippen molar-refractivity contribution in [2.75, 3.05) is 6.54 Å². The molecule has 4 heteroatoms. The van der Waals surface area contributed by atoms with Crippen LogP contribution in [0, 0.1) is 5.92 Å². The molecule has 1 unspecified atom stereocenters. The van der Waals surface area contributed by atoms with Crippen LogP contribution >= 0.6 is 0 Å². The number of amides is 1. The Morgan fingerprint density at radius 3 is 2.65 bits per heavy atom. The number of Topliss-reactive ketones (excluding diaryl/α,β-unsaturated/α-hetero) is 1. The predicted octanol–water partition coefficient (Wildman–Crippen LogP) is 1.49. The van der Waals surface area contributed by atoms with E-state index in [9.17, 15) is 14.7 Å². The van der Waals surface area contributed by atoms with Gasteiger partial charge in [0.25, 0.3) is 0 Å². The molecule has 1 aliphatic heterocycles. The summed E-state index contributed by atoms with van der Waals surface area (Å²) in [6.45, 7) is 4.38. The van der Waals surface area contributed by atoms with Crippen molar-refractivity contribution in [3.63, 3.8) is 0 Å². The summed E-state index contributed by atoms with van der Waals surface area (Å²) in [6, 6.07) is 0. The molecule has 1 amide bonds. The molecule has 0 saturated carbocycles. The van der Waals surface area contributed by atoms with Crippen LogP contribution < -0.4 is 0 Å². The lowest BCUT2D eigenvalue weighted by atomic mass is 10.0. The highest BCUT2D eigenvalue weighted by Gasteiger charge is 2.22. The van der Waals surface area contributed by atoms with E-state index in [4.69, 9.17) is 0 Å². The number of aliphatic hydroxyl groups excluding tert-OH is 1. The van der Waals surface area contributed by atoms with E-state index < -0.39 is 6.23 Å². The lowest BCUT2D eigenvalue weighted by Crippen LogP contribution is -2.34. The fourth-order valence-electron chi connectivity index (χ4n) is 1.79. The first kappa shape index (κ1) is 13.9. The van der Waals surface area contributed by atoms with Gasteiger partial charge in [-0.25, -0.2) is 0 Å². The third-order valence-corrected chi connectivity index (χ3v) is 2.98. The number of unbranched alkanes of at least 4 members (excludes halogenated alkanes) is 2. The molecular formula is C13H21NO3. The van der Waals surface area contributed by atoms with Crippen LogP contribution in [0.4, 0.5) is 0 Å². The maximum atomic E-state index is 11.4. The Kier molecular flexibility index (Phi) is 5.35. The zero-order valence-corrected chi connectivity index (χ0v) is 10.6. The molecule has 0 saturated heterocycles. The van der Waals surface area contributed by atoms with Crippen LogP contribution in [0.3, 0.4) is 0 Å². The first-order chi connectivity index (χ1) is 8.02. The van der Waals surface area contributed by atoms with E-state index in [1.165, 1.54) is 17.1 Å². The van der Waals surface area contributed by atoms with Crippen LogP contribution in [0.2, 0.25) is 0 Å². The lowest BCUT2D eigenvalue weighted by molar-refractivity contribution is -0.131. The largest absolute Gasteiger partial charge is 0.370 e. The first-order valence-electron chi connectivity index (χ1n) is 6.22. The summed E-state index contributed by atoms with van der Waals surface area (Å²) < 4.78 is 0. The number of carbonyl (C=O) groups is 2. The monoisotopic (exact) mass is 239 g/mol. The maximum absolute atomic E-state index is 11.4. The smallest absolute Gasteiger partial charge is 0.248 e. The molecule has 0 aromatic rings. The van der Waals surface area contributed by atoms with E-state index in [1.54, 1.807) is 0 Å². The Balaban J connectivity index is 2.09. The van der Waals surface area contributed by atoms with Crippen LogP contribution in [0.15, 0.2) is 12.2 Å². The molecule has 1 rings (SSSR count). The van der Waals surface area contributed by atoms with Gasteiger partial charge in [-0.3, -0.25) is 9.59 Å². The van der Waals surface area contributed by atoms with Gasteiger partial charge in [0.2, 0.25) is 5.91 Å². The van der Waals surface area contributed by atoms with Crippen LogP contribution in [-0.2, 0) is 9.59 Å². The molecule has 0 bridgehead atoms. The average molecular weight is 239 g/mol. The van der Waals surface area contributed by atoms with E-state index in [0.717, 1.165) is 19.3 Å². The van der Waals surface area contributed by atoms with Gasteiger partial charge < -0.3 is 10.0 Å². The zero-order chi connectivity index (χ0) is 12.8. The second kappa shape index (κ2) is 6.55. The van der Waals surface area contributed by atoms with Crippen molar-refractivity contribution in [2.24, 2.45) is 5.92 Å². The molecule has 17 heavy (non-hydrogen) atoms. The van der Waals surface area contributed by atoms with E-state index in [0.29, 0.717) is 18.7 Å². The minimum Gasteiger partial charge on any atom is -0.370 e. The van der Waals surface area contributed by atoms with Crippen LogP contribution in [0.1, 0.15) is 39.5 Å². The van der Waals surface area contributed by atoms with Gasteiger partial charge in [-0.1, -0.05) is 20.3 Å². The highest BCUT2D eigenvalue weighted by molar-refractivity contribution is 5.90. The van der Waals surface area contributed by atoms with Crippen LogP contribution in [0.25, 0.3) is 0 Å². The average Bonchev–Trinajstić information content (AvgIpc) is 2.59. The Labute approximate surface area is 102 Å². The van der Waals surface area contributed by atoms with Crippen molar-refractivity contribution in [1.82, 2.24) is 4.90 Å². The molecule has 1 N–H and O–H groups in total. The predicted molar refractivity (Wildman–Crippen MR) is 65.2 cm³/mol. The second-order valence-corrected chi connectivity index (χ2v) is 4.74. The number of rotatable bonds is 7. The molecule has 1 heterocycles. The number of hydrogen-bond acceptors (Lipinski definition) is 3. The molecule has 0 aromatic heterocycles. The molecule has 1 aliphatic rings. The van der Waals surface area contributed by atoms with E-state index in [1.807, 2.05) is 13.8 Å². The molecule has 0 aromatic carbocycles. The van der Waals surface area contributed by atoms with Gasteiger partial charge in [-0.2, -0.15) is 0 Å². The summed E-state index contributed by atoms with van der Waals surface area (Å²) in [6.07, 6.45) is 5.34. The fourth-order valence-corrected chi connectivity index (χ4v) is 1.79. The molecule has 0 spiro atoms. The number of hydrogen-bond donors (Lipinski definition) is 1. The van der Waals surface area contributed by atoms with Crippen molar-refractivity contribution >= 4 is 11.7 Å². The Hall–Kier alpha value is -1.16. The highest BCUT2D eigenvalue weighted by atomic mass is 16.3. The molecule has 1 atom stereocenters. The quantitative estimate of drug-likeness (QED) is 0.685. The van der Waals surface area contributed by atoms with E-state index >= 15 is 0 Å². The van der Waals surface area contributed by atoms with Gasteiger partial charge in [0, 0.05) is 25.0 Å². The van der Waals surface area contributed by atoms with Gasteiger partial charge in [0.05, 0.1) is 0 Å². The first-order valence-corrected chi connectivity index (χ1v) is 6.22. The molecular weight excluding hydrogens is 218 g/mol. The van der Waals surface area contributed by atoms with Gasteiger partial charge in [0.1, 0.15) is 12.0 Å². The third kappa shape index (κ3) is 4.30. The second-order valence-electron chi connectivity index (χ2n) is 4.74. The number of carbonyl (C=O) groups excluding carboxylic acids is 2. The molecule has 96 valence electrons. The number of nitrogens with zero attached hydrogens (tertiary/aromatic N) is 1. The molecule has 4 nitrogen and oxygen atoms in total. The summed E-state index contributed by atoms with van der Waals surface area (Å²) in [4.78, 5) is 24.1.